The van der Waals surface area contributed by atoms with Gasteiger partial charge in [0.15, 0.2) is 5.65 Å². The van der Waals surface area contributed by atoms with Gasteiger partial charge in [0.2, 0.25) is 0 Å². The average molecular weight is 376 g/mol. The average Bonchev–Trinajstić information content (AvgIpc) is 3.28. The molecule has 0 saturated heterocycles. The largest absolute Gasteiger partial charge is 0.342 e. The molecule has 4 aromatic rings. The van der Waals surface area contributed by atoms with Gasteiger partial charge in [-0.3, -0.25) is 4.79 Å². The molecule has 7 nitrogen and oxygen atoms in total. The molecule has 0 aliphatic carbocycles. The van der Waals surface area contributed by atoms with Crippen LogP contribution < -0.4 is 5.32 Å². The van der Waals surface area contributed by atoms with E-state index < -0.39 is 0 Å². The Morgan fingerprint density at radius 3 is 2.64 bits per heavy atom. The standard InChI is InChI=1S/C21H24N6O/c1-12(2)18(19-24-16-7-5-6-8-17(16)25-19)26-21(28)15-9-14-11-23-27(13(3)4)20(14)22-10-15/h5-13,18H,1-4H3,(H,24,25)(H,26,28). The van der Waals surface area contributed by atoms with Crippen molar-refractivity contribution in [2.75, 3.05) is 0 Å². The summed E-state index contributed by atoms with van der Waals surface area (Å²) in [4.78, 5) is 25.4. The first kappa shape index (κ1) is 18.2. The maximum Gasteiger partial charge on any atom is 0.253 e. The van der Waals surface area contributed by atoms with Crippen LogP contribution in [0.4, 0.5) is 0 Å². The summed E-state index contributed by atoms with van der Waals surface area (Å²) in [6.45, 7) is 8.23. The van der Waals surface area contributed by atoms with Gasteiger partial charge in [-0.25, -0.2) is 14.6 Å². The summed E-state index contributed by atoms with van der Waals surface area (Å²) in [5.41, 5.74) is 3.14. The van der Waals surface area contributed by atoms with E-state index in [4.69, 9.17) is 0 Å². The number of aromatic nitrogens is 5. The van der Waals surface area contributed by atoms with Crippen molar-refractivity contribution in [2.45, 2.75) is 39.8 Å². The molecule has 0 aliphatic rings. The molecule has 144 valence electrons. The third kappa shape index (κ3) is 3.24. The molecule has 0 aliphatic heterocycles. The SMILES string of the molecule is CC(C)C(NC(=O)c1cnc2c(cnn2C(C)C)c1)c1nc2ccccc2[nH]1. The normalized spacial score (nSPS) is 12.9. The summed E-state index contributed by atoms with van der Waals surface area (Å²) in [7, 11) is 0. The Morgan fingerprint density at radius 2 is 1.93 bits per heavy atom. The van der Waals surface area contributed by atoms with E-state index in [2.05, 4.69) is 53.1 Å². The van der Waals surface area contributed by atoms with Crippen molar-refractivity contribution in [3.63, 3.8) is 0 Å². The molecule has 1 atom stereocenters. The topological polar surface area (TPSA) is 88.5 Å². The molecule has 1 aromatic carbocycles. The number of fused-ring (bicyclic) bond motifs is 2. The van der Waals surface area contributed by atoms with Crippen LogP contribution in [0.15, 0.2) is 42.7 Å². The van der Waals surface area contributed by atoms with E-state index in [1.807, 2.05) is 35.0 Å². The van der Waals surface area contributed by atoms with Crippen LogP contribution in [0, 0.1) is 5.92 Å². The van der Waals surface area contributed by atoms with Crippen molar-refractivity contribution in [3.8, 4) is 0 Å². The lowest BCUT2D eigenvalue weighted by Gasteiger charge is -2.20. The molecule has 1 amide bonds. The van der Waals surface area contributed by atoms with E-state index in [0.717, 1.165) is 27.9 Å². The van der Waals surface area contributed by atoms with Crippen molar-refractivity contribution in [2.24, 2.45) is 5.92 Å². The fourth-order valence-electron chi connectivity index (χ4n) is 3.34. The molecule has 0 spiro atoms. The van der Waals surface area contributed by atoms with Gasteiger partial charge in [-0.2, -0.15) is 5.10 Å². The van der Waals surface area contributed by atoms with Crippen molar-refractivity contribution < 1.29 is 4.79 Å². The van der Waals surface area contributed by atoms with Gasteiger partial charge in [0.05, 0.1) is 28.8 Å². The Balaban J connectivity index is 1.62. The molecule has 0 saturated carbocycles. The van der Waals surface area contributed by atoms with E-state index in [1.54, 1.807) is 12.4 Å². The number of hydrogen-bond donors (Lipinski definition) is 2. The van der Waals surface area contributed by atoms with Crippen LogP contribution in [0.25, 0.3) is 22.1 Å². The summed E-state index contributed by atoms with van der Waals surface area (Å²) in [6.07, 6.45) is 3.35. The van der Waals surface area contributed by atoms with Crippen molar-refractivity contribution in [3.05, 3.63) is 54.1 Å². The van der Waals surface area contributed by atoms with Crippen LogP contribution in [0.2, 0.25) is 0 Å². The number of imidazole rings is 1. The van der Waals surface area contributed by atoms with E-state index in [1.165, 1.54) is 0 Å². The molecule has 7 heteroatoms. The molecular formula is C21H24N6O. The number of carbonyl (C=O) groups excluding carboxylic acids is 1. The summed E-state index contributed by atoms with van der Waals surface area (Å²) in [5.74, 6) is 0.752. The summed E-state index contributed by atoms with van der Waals surface area (Å²) in [5, 5.41) is 8.32. The maximum atomic E-state index is 12.9. The lowest BCUT2D eigenvalue weighted by atomic mass is 10.0. The zero-order valence-electron chi connectivity index (χ0n) is 16.5. The first-order valence-corrected chi connectivity index (χ1v) is 9.53. The molecule has 0 bridgehead atoms. The lowest BCUT2D eigenvalue weighted by Crippen LogP contribution is -2.32. The Kier molecular flexibility index (Phi) is 4.58. The van der Waals surface area contributed by atoms with E-state index in [0.29, 0.717) is 5.56 Å². The number of rotatable bonds is 5. The van der Waals surface area contributed by atoms with Gasteiger partial charge in [-0.15, -0.1) is 0 Å². The van der Waals surface area contributed by atoms with Gasteiger partial charge in [-0.1, -0.05) is 26.0 Å². The molecular weight excluding hydrogens is 352 g/mol. The smallest absolute Gasteiger partial charge is 0.253 e. The zero-order chi connectivity index (χ0) is 19.8. The number of nitrogens with one attached hydrogen (secondary N) is 2. The molecule has 1 unspecified atom stereocenters. The van der Waals surface area contributed by atoms with Gasteiger partial charge in [0, 0.05) is 17.6 Å². The Bertz CT molecular complexity index is 1110. The number of pyridine rings is 1. The number of hydrogen-bond acceptors (Lipinski definition) is 4. The monoisotopic (exact) mass is 376 g/mol. The minimum absolute atomic E-state index is 0.171. The number of benzene rings is 1. The highest BCUT2D eigenvalue weighted by atomic mass is 16.1. The van der Waals surface area contributed by atoms with E-state index >= 15 is 0 Å². The van der Waals surface area contributed by atoms with Gasteiger partial charge in [-0.05, 0) is 38.0 Å². The summed E-state index contributed by atoms with van der Waals surface area (Å²) >= 11 is 0. The van der Waals surface area contributed by atoms with Crippen LogP contribution in [-0.4, -0.2) is 30.6 Å². The van der Waals surface area contributed by atoms with Crippen LogP contribution in [-0.2, 0) is 0 Å². The van der Waals surface area contributed by atoms with E-state index in [9.17, 15) is 4.79 Å². The Labute approximate surface area is 163 Å². The van der Waals surface area contributed by atoms with Gasteiger partial charge >= 0.3 is 0 Å². The molecule has 3 aromatic heterocycles. The maximum absolute atomic E-state index is 12.9. The second-order valence-corrected chi connectivity index (χ2v) is 7.65. The van der Waals surface area contributed by atoms with Crippen LogP contribution >= 0.6 is 0 Å². The van der Waals surface area contributed by atoms with Gasteiger partial charge in [0.1, 0.15) is 5.82 Å². The third-order valence-electron chi connectivity index (χ3n) is 4.84. The number of carbonyl (C=O) groups is 1. The minimum atomic E-state index is -0.228. The highest BCUT2D eigenvalue weighted by Gasteiger charge is 2.23. The van der Waals surface area contributed by atoms with Crippen molar-refractivity contribution in [1.29, 1.82) is 0 Å². The molecule has 0 fully saturated rings. The number of nitrogens with zero attached hydrogens (tertiary/aromatic N) is 4. The fraction of sp³-hybridized carbons (Fsp3) is 0.333. The molecule has 2 N–H and O–H groups in total. The molecule has 4 rings (SSSR count). The second-order valence-electron chi connectivity index (χ2n) is 7.65. The lowest BCUT2D eigenvalue weighted by molar-refractivity contribution is 0.0923. The highest BCUT2D eigenvalue weighted by Crippen LogP contribution is 2.23. The number of amides is 1. The highest BCUT2D eigenvalue weighted by molar-refractivity contribution is 5.97. The summed E-state index contributed by atoms with van der Waals surface area (Å²) < 4.78 is 1.85. The first-order chi connectivity index (χ1) is 13.4. The second kappa shape index (κ2) is 7.07. The first-order valence-electron chi connectivity index (χ1n) is 9.53. The predicted molar refractivity (Wildman–Crippen MR) is 109 cm³/mol. The van der Waals surface area contributed by atoms with Crippen molar-refractivity contribution in [1.82, 2.24) is 30.0 Å². The third-order valence-corrected chi connectivity index (χ3v) is 4.84. The van der Waals surface area contributed by atoms with Gasteiger partial charge < -0.3 is 10.3 Å². The van der Waals surface area contributed by atoms with Crippen LogP contribution in [0.1, 0.15) is 56.0 Å². The van der Waals surface area contributed by atoms with Gasteiger partial charge in [0.25, 0.3) is 5.91 Å². The molecule has 28 heavy (non-hydrogen) atoms. The van der Waals surface area contributed by atoms with E-state index in [-0.39, 0.29) is 23.9 Å². The molecule has 3 heterocycles. The molecule has 0 radical (unpaired) electrons. The zero-order valence-corrected chi connectivity index (χ0v) is 16.5. The van der Waals surface area contributed by atoms with Crippen LogP contribution in [0.3, 0.4) is 0 Å². The van der Waals surface area contributed by atoms with Crippen LogP contribution in [0.5, 0.6) is 0 Å². The minimum Gasteiger partial charge on any atom is -0.342 e. The van der Waals surface area contributed by atoms with Crippen molar-refractivity contribution >= 4 is 28.0 Å². The Hall–Kier alpha value is -3.22. The number of H-pyrrole nitrogens is 1. The Morgan fingerprint density at radius 1 is 1.14 bits per heavy atom. The predicted octanol–water partition coefficient (Wildman–Crippen LogP) is 4.02. The quantitative estimate of drug-likeness (QED) is 0.551. The summed E-state index contributed by atoms with van der Waals surface area (Å²) in [6, 6.07) is 9.67. The number of aromatic amines is 1. The number of para-hydroxylation sites is 2. The fourth-order valence-corrected chi connectivity index (χ4v) is 3.34.